The number of carbonyl (C=O) groups is 1. The van der Waals surface area contributed by atoms with E-state index >= 15 is 0 Å². The zero-order valence-electron chi connectivity index (χ0n) is 16.8. The molecule has 1 heterocycles. The zero-order chi connectivity index (χ0) is 20.8. The molecule has 5 heteroatoms. The number of nitrogens with zero attached hydrogens (tertiary/aromatic N) is 1. The molecule has 1 N–H and O–H groups in total. The molecule has 0 spiro atoms. The van der Waals surface area contributed by atoms with Crippen molar-refractivity contribution in [3.8, 4) is 0 Å². The molecule has 30 heavy (non-hydrogen) atoms. The molecular formula is C25H25ClN2OS. The van der Waals surface area contributed by atoms with Gasteiger partial charge in [-0.3, -0.25) is 4.79 Å². The molecule has 0 saturated carbocycles. The lowest BCUT2D eigenvalue weighted by atomic mass is 10.1. The van der Waals surface area contributed by atoms with Crippen molar-refractivity contribution in [1.29, 1.82) is 0 Å². The summed E-state index contributed by atoms with van der Waals surface area (Å²) in [6, 6.07) is 23.8. The molecule has 1 aliphatic heterocycles. The number of rotatable bonds is 6. The molecule has 0 atom stereocenters. The van der Waals surface area contributed by atoms with Gasteiger partial charge in [0.15, 0.2) is 0 Å². The summed E-state index contributed by atoms with van der Waals surface area (Å²) in [6.07, 6.45) is 3.84. The Morgan fingerprint density at radius 2 is 1.53 bits per heavy atom. The summed E-state index contributed by atoms with van der Waals surface area (Å²) in [6.45, 7) is 2.24. The lowest BCUT2D eigenvalue weighted by molar-refractivity contribution is 0.102. The van der Waals surface area contributed by atoms with Crippen LogP contribution in [0.15, 0.2) is 77.7 Å². The van der Waals surface area contributed by atoms with Crippen molar-refractivity contribution in [3.63, 3.8) is 0 Å². The summed E-state index contributed by atoms with van der Waals surface area (Å²) < 4.78 is 0. The molecule has 3 aromatic rings. The predicted octanol–water partition coefficient (Wildman–Crippen LogP) is 6.87. The van der Waals surface area contributed by atoms with Crippen molar-refractivity contribution in [2.75, 3.05) is 23.3 Å². The molecule has 4 rings (SSSR count). The molecule has 0 aromatic heterocycles. The fourth-order valence-electron chi connectivity index (χ4n) is 3.56. The normalized spacial score (nSPS) is 13.8. The smallest absolute Gasteiger partial charge is 0.255 e. The minimum absolute atomic E-state index is 0.0855. The number of hydrogen-bond donors (Lipinski definition) is 1. The van der Waals surface area contributed by atoms with Gasteiger partial charge in [0, 0.05) is 45.7 Å². The van der Waals surface area contributed by atoms with Crippen LogP contribution in [-0.2, 0) is 5.75 Å². The number of amides is 1. The molecule has 3 nitrogen and oxygen atoms in total. The summed E-state index contributed by atoms with van der Waals surface area (Å²) in [5.74, 6) is 0.763. The highest BCUT2D eigenvalue weighted by molar-refractivity contribution is 7.98. The Labute approximate surface area is 187 Å². The molecule has 1 saturated heterocycles. The predicted molar refractivity (Wildman–Crippen MR) is 128 cm³/mol. The van der Waals surface area contributed by atoms with Crippen LogP contribution in [0.2, 0.25) is 5.02 Å². The molecule has 1 fully saturated rings. The van der Waals surface area contributed by atoms with Gasteiger partial charge in [0.2, 0.25) is 0 Å². The highest BCUT2D eigenvalue weighted by Crippen LogP contribution is 2.25. The monoisotopic (exact) mass is 436 g/mol. The Bertz CT molecular complexity index is 966. The van der Waals surface area contributed by atoms with Gasteiger partial charge in [0.05, 0.1) is 0 Å². The van der Waals surface area contributed by atoms with Crippen LogP contribution in [0.4, 0.5) is 11.4 Å². The maximum atomic E-state index is 12.6. The average molecular weight is 437 g/mol. The van der Waals surface area contributed by atoms with Crippen molar-refractivity contribution in [2.45, 2.75) is 29.9 Å². The summed E-state index contributed by atoms with van der Waals surface area (Å²) in [7, 11) is 0. The van der Waals surface area contributed by atoms with Crippen LogP contribution in [0.25, 0.3) is 0 Å². The Morgan fingerprint density at radius 1 is 0.867 bits per heavy atom. The topological polar surface area (TPSA) is 32.3 Å². The third-order valence-electron chi connectivity index (χ3n) is 5.28. The van der Waals surface area contributed by atoms with Crippen molar-refractivity contribution < 1.29 is 4.79 Å². The van der Waals surface area contributed by atoms with E-state index in [2.05, 4.69) is 22.3 Å². The SMILES string of the molecule is O=C(Nc1ccc(N2CCCCC2)cc1)c1ccc(CSc2ccc(Cl)cc2)cc1. The first-order valence-corrected chi connectivity index (χ1v) is 11.7. The third kappa shape index (κ3) is 5.59. The molecule has 3 aromatic carbocycles. The first-order valence-electron chi connectivity index (χ1n) is 10.3. The molecule has 0 aliphatic carbocycles. The number of nitrogens with one attached hydrogen (secondary N) is 1. The van der Waals surface area contributed by atoms with E-state index < -0.39 is 0 Å². The maximum absolute atomic E-state index is 12.6. The van der Waals surface area contributed by atoms with E-state index in [0.717, 1.165) is 29.6 Å². The van der Waals surface area contributed by atoms with Crippen molar-refractivity contribution in [1.82, 2.24) is 0 Å². The van der Waals surface area contributed by atoms with Crippen LogP contribution in [-0.4, -0.2) is 19.0 Å². The number of halogens is 1. The van der Waals surface area contributed by atoms with Crippen LogP contribution in [0.3, 0.4) is 0 Å². The number of anilines is 2. The van der Waals surface area contributed by atoms with Gasteiger partial charge >= 0.3 is 0 Å². The maximum Gasteiger partial charge on any atom is 0.255 e. The Kier molecular flexibility index (Phi) is 6.98. The largest absolute Gasteiger partial charge is 0.372 e. The fraction of sp³-hybridized carbons (Fsp3) is 0.240. The Morgan fingerprint density at radius 3 is 2.20 bits per heavy atom. The number of thioether (sulfide) groups is 1. The third-order valence-corrected chi connectivity index (χ3v) is 6.62. The van der Waals surface area contributed by atoms with Gasteiger partial charge in [-0.1, -0.05) is 23.7 Å². The summed E-state index contributed by atoms with van der Waals surface area (Å²) in [4.78, 5) is 16.2. The summed E-state index contributed by atoms with van der Waals surface area (Å²) in [5, 5.41) is 3.74. The highest BCUT2D eigenvalue weighted by atomic mass is 35.5. The number of piperidine rings is 1. The van der Waals surface area contributed by atoms with Gasteiger partial charge in [0.1, 0.15) is 0 Å². The second-order valence-electron chi connectivity index (χ2n) is 7.49. The minimum Gasteiger partial charge on any atom is -0.372 e. The fourth-order valence-corrected chi connectivity index (χ4v) is 4.54. The molecule has 154 valence electrons. The van der Waals surface area contributed by atoms with E-state index in [9.17, 15) is 4.79 Å². The first kappa shape index (κ1) is 20.8. The van der Waals surface area contributed by atoms with Crippen LogP contribution in [0.5, 0.6) is 0 Å². The standard InChI is InChI=1S/C25H25ClN2OS/c26-21-8-14-24(15-9-21)30-18-19-4-6-20(7-5-19)25(29)27-22-10-12-23(13-11-22)28-16-2-1-3-17-28/h4-15H,1-3,16-18H2,(H,27,29). The Balaban J connectivity index is 1.31. The van der Waals surface area contributed by atoms with E-state index in [1.165, 1.54) is 35.4 Å². The zero-order valence-corrected chi connectivity index (χ0v) is 18.4. The van der Waals surface area contributed by atoms with Gasteiger partial charge in [-0.25, -0.2) is 0 Å². The molecule has 0 radical (unpaired) electrons. The lowest BCUT2D eigenvalue weighted by Gasteiger charge is -2.28. The van der Waals surface area contributed by atoms with Crippen molar-refractivity contribution in [3.05, 3.63) is 88.9 Å². The first-order chi connectivity index (χ1) is 14.7. The average Bonchev–Trinajstić information content (AvgIpc) is 2.80. The lowest BCUT2D eigenvalue weighted by Crippen LogP contribution is -2.29. The van der Waals surface area contributed by atoms with Crippen LogP contribution in [0, 0.1) is 0 Å². The Hall–Kier alpha value is -2.43. The quantitative estimate of drug-likeness (QED) is 0.427. The molecule has 0 bridgehead atoms. The molecule has 0 unspecified atom stereocenters. The molecular weight excluding hydrogens is 412 g/mol. The summed E-state index contributed by atoms with van der Waals surface area (Å²) in [5.41, 5.74) is 3.89. The van der Waals surface area contributed by atoms with E-state index in [-0.39, 0.29) is 5.91 Å². The van der Waals surface area contributed by atoms with Crippen LogP contribution >= 0.6 is 23.4 Å². The van der Waals surface area contributed by atoms with Crippen molar-refractivity contribution in [2.24, 2.45) is 0 Å². The summed E-state index contributed by atoms with van der Waals surface area (Å²) >= 11 is 7.68. The van der Waals surface area contributed by atoms with Crippen molar-refractivity contribution >= 4 is 40.6 Å². The van der Waals surface area contributed by atoms with Gasteiger partial charge in [-0.05, 0) is 85.5 Å². The number of carbonyl (C=O) groups excluding carboxylic acids is 1. The van der Waals surface area contributed by atoms with Crippen LogP contribution in [0.1, 0.15) is 35.2 Å². The van der Waals surface area contributed by atoms with Gasteiger partial charge < -0.3 is 10.2 Å². The van der Waals surface area contributed by atoms with E-state index in [1.54, 1.807) is 11.8 Å². The van der Waals surface area contributed by atoms with Gasteiger partial charge in [-0.2, -0.15) is 0 Å². The molecule has 1 aliphatic rings. The second-order valence-corrected chi connectivity index (χ2v) is 8.97. The number of benzene rings is 3. The van der Waals surface area contributed by atoms with Gasteiger partial charge in [-0.15, -0.1) is 11.8 Å². The minimum atomic E-state index is -0.0855. The highest BCUT2D eigenvalue weighted by Gasteiger charge is 2.11. The number of hydrogen-bond acceptors (Lipinski definition) is 3. The van der Waals surface area contributed by atoms with Crippen LogP contribution < -0.4 is 10.2 Å². The van der Waals surface area contributed by atoms with E-state index in [4.69, 9.17) is 11.6 Å². The molecule has 1 amide bonds. The van der Waals surface area contributed by atoms with E-state index in [0.29, 0.717) is 5.56 Å². The second kappa shape index (κ2) is 10.1. The van der Waals surface area contributed by atoms with E-state index in [1.807, 2.05) is 60.7 Å². The van der Waals surface area contributed by atoms with Gasteiger partial charge in [0.25, 0.3) is 5.91 Å².